The van der Waals surface area contributed by atoms with Gasteiger partial charge < -0.3 is 30.7 Å². The van der Waals surface area contributed by atoms with Gasteiger partial charge in [-0.05, 0) is 37.6 Å². The Morgan fingerprint density at radius 2 is 0.680 bits per heavy atom. The molecule has 0 aromatic heterocycles. The maximum atomic E-state index is 6.50. The van der Waals surface area contributed by atoms with Crippen molar-refractivity contribution in [3.05, 3.63) is 22.8 Å². The third kappa shape index (κ3) is 8.09. The van der Waals surface area contributed by atoms with Gasteiger partial charge in [-0.2, -0.15) is 0 Å². The van der Waals surface area contributed by atoms with E-state index in [1.54, 1.807) is 42.7 Å². The number of hydrogen-bond donors (Lipinski definition) is 0. The van der Waals surface area contributed by atoms with Crippen molar-refractivity contribution >= 4 is 34.2 Å². The molecule has 0 heterocycles. The molecule has 0 saturated heterocycles. The van der Waals surface area contributed by atoms with Crippen LogP contribution in [0.5, 0.6) is 0 Å². The molecule has 0 rings (SSSR count). The molecule has 0 amide bonds. The Bertz CT molecular complexity index is 390. The van der Waals surface area contributed by atoms with E-state index in [-0.39, 0.29) is 0 Å². The van der Waals surface area contributed by atoms with Crippen LogP contribution in [0.1, 0.15) is 0 Å². The summed E-state index contributed by atoms with van der Waals surface area (Å²) < 4.78 is 39.0. The van der Waals surface area contributed by atoms with Crippen LogP contribution < -0.4 is 0 Å². The van der Waals surface area contributed by atoms with Crippen LogP contribution in [-0.2, 0) is 30.7 Å². The van der Waals surface area contributed by atoms with Crippen molar-refractivity contribution < 1.29 is 30.7 Å². The first kappa shape index (κ1) is 25.1. The van der Waals surface area contributed by atoms with E-state index in [1.807, 2.05) is 11.4 Å². The summed E-state index contributed by atoms with van der Waals surface area (Å²) >= 11 is 0. The molecule has 0 aliphatic rings. The molecule has 11 heteroatoms. The molecule has 0 fully saturated rings. The Balaban J connectivity index is 5.25. The average Bonchev–Trinajstić information content (AvgIpc) is 2.57. The summed E-state index contributed by atoms with van der Waals surface area (Å²) in [6, 6.07) is 0. The van der Waals surface area contributed by atoms with E-state index >= 15 is 0 Å². The van der Waals surface area contributed by atoms with Gasteiger partial charge in [-0.1, -0.05) is 11.4 Å². The minimum Gasteiger partial charge on any atom is -0.449 e. The zero-order valence-corrected chi connectivity index (χ0v) is 21.2. The first-order valence-corrected chi connectivity index (χ1v) is 17.5. The topological polar surface area (TPSA) is 64.6 Å². The van der Waals surface area contributed by atoms with E-state index < -0.39 is 34.2 Å². The first-order valence-electron chi connectivity index (χ1n) is 7.90. The van der Waals surface area contributed by atoms with E-state index in [0.717, 1.165) is 0 Å². The van der Waals surface area contributed by atoms with Crippen molar-refractivity contribution in [3.63, 3.8) is 0 Å². The Labute approximate surface area is 156 Å². The lowest BCUT2D eigenvalue weighted by atomic mass is 11.2. The fourth-order valence-corrected chi connectivity index (χ4v) is 14.9. The molecule has 0 atom stereocenters. The zero-order valence-electron chi connectivity index (χ0n) is 17.2. The smallest absolute Gasteiger partial charge is 0.449 e. The van der Waals surface area contributed by atoms with Crippen LogP contribution >= 0.6 is 0 Å². The lowest BCUT2D eigenvalue weighted by Crippen LogP contribution is -2.46. The summed E-state index contributed by atoms with van der Waals surface area (Å²) in [5, 5.41) is 0. The number of hydrogen-bond acceptors (Lipinski definition) is 7. The van der Waals surface area contributed by atoms with Gasteiger partial charge in [0.2, 0.25) is 0 Å². The molecule has 7 nitrogen and oxygen atoms in total. The van der Waals surface area contributed by atoms with Crippen molar-refractivity contribution in [2.24, 2.45) is 0 Å². The van der Waals surface area contributed by atoms with Gasteiger partial charge in [0.15, 0.2) is 16.6 Å². The van der Waals surface area contributed by atoms with Crippen LogP contribution in [-0.4, -0.2) is 76.9 Å². The van der Waals surface area contributed by atoms with E-state index in [4.69, 9.17) is 30.7 Å². The van der Waals surface area contributed by atoms with Gasteiger partial charge in [-0.15, -0.1) is 0 Å². The lowest BCUT2D eigenvalue weighted by Gasteiger charge is -2.31. The molecule has 0 saturated carbocycles. The quantitative estimate of drug-likeness (QED) is 0.444. The highest BCUT2D eigenvalue weighted by Crippen LogP contribution is 2.20. The molecule has 0 N–H and O–H groups in total. The molecular weight excluding hydrogens is 392 g/mol. The van der Waals surface area contributed by atoms with E-state index in [9.17, 15) is 0 Å². The van der Waals surface area contributed by atoms with Gasteiger partial charge in [0.1, 0.15) is 0 Å². The summed E-state index contributed by atoms with van der Waals surface area (Å²) in [7, 11) is -0.184. The van der Waals surface area contributed by atoms with E-state index in [1.165, 1.54) is 0 Å². The fraction of sp³-hybridized carbons (Fsp3) is 0.714. The summed E-state index contributed by atoms with van der Waals surface area (Å²) in [5.41, 5.74) is 7.91. The van der Waals surface area contributed by atoms with Crippen molar-refractivity contribution in [2.75, 3.05) is 42.7 Å². The van der Waals surface area contributed by atoms with Gasteiger partial charge in [0.05, 0.1) is 0 Å². The van der Waals surface area contributed by atoms with Crippen LogP contribution in [0.3, 0.4) is 0 Å². The molecule has 0 bridgehead atoms. The molecule has 0 aliphatic heterocycles. The minimum atomic E-state index is -2.75. The largest absolute Gasteiger partial charge is 0.528 e. The average molecular weight is 427 g/mol. The first-order chi connectivity index (χ1) is 11.5. The summed E-state index contributed by atoms with van der Waals surface area (Å²) in [6.45, 7) is 8.50. The second-order valence-electron chi connectivity index (χ2n) is 6.41. The normalized spacial score (nSPS) is 14.8. The van der Waals surface area contributed by atoms with Crippen molar-refractivity contribution in [3.8, 4) is 0 Å². The van der Waals surface area contributed by atoms with Crippen LogP contribution in [0.4, 0.5) is 0 Å². The molecular formula is C14H34O7Si4. The SMILES string of the molecule is CO[Si](/C=C/[Si](C)(C)O[Si](C)(C)/C=C/[Si](OC)(OC)OC)(OC)OC. The van der Waals surface area contributed by atoms with Crippen molar-refractivity contribution in [1.29, 1.82) is 0 Å². The Kier molecular flexibility index (Phi) is 10.4. The molecule has 0 radical (unpaired) electrons. The maximum absolute atomic E-state index is 6.50. The summed E-state index contributed by atoms with van der Waals surface area (Å²) in [6.07, 6.45) is 0. The predicted molar refractivity (Wildman–Crippen MR) is 108 cm³/mol. The number of rotatable bonds is 12. The second-order valence-corrected chi connectivity index (χ2v) is 19.8. The van der Waals surface area contributed by atoms with Gasteiger partial charge in [0.25, 0.3) is 0 Å². The Morgan fingerprint density at radius 3 is 0.880 bits per heavy atom. The highest BCUT2D eigenvalue weighted by Gasteiger charge is 2.39. The van der Waals surface area contributed by atoms with Gasteiger partial charge >= 0.3 is 17.6 Å². The third-order valence-corrected chi connectivity index (χ3v) is 15.0. The molecule has 0 aromatic rings. The highest BCUT2D eigenvalue weighted by molar-refractivity contribution is 6.90. The van der Waals surface area contributed by atoms with Gasteiger partial charge in [-0.3, -0.25) is 0 Å². The van der Waals surface area contributed by atoms with Crippen LogP contribution in [0, 0.1) is 0 Å². The molecule has 0 spiro atoms. The second kappa shape index (κ2) is 10.4. The molecule has 148 valence electrons. The highest BCUT2D eigenvalue weighted by atomic mass is 28.4. The predicted octanol–water partition coefficient (Wildman–Crippen LogP) is 2.44. The third-order valence-electron chi connectivity index (χ3n) is 3.61. The van der Waals surface area contributed by atoms with Crippen LogP contribution in [0.2, 0.25) is 26.2 Å². The molecule has 25 heavy (non-hydrogen) atoms. The molecule has 0 aliphatic carbocycles. The lowest BCUT2D eigenvalue weighted by molar-refractivity contribution is 0.138. The van der Waals surface area contributed by atoms with Crippen molar-refractivity contribution in [1.82, 2.24) is 0 Å². The van der Waals surface area contributed by atoms with E-state index in [0.29, 0.717) is 0 Å². The standard InChI is InChI=1S/C14H34O7Si4/c1-15-24(16-2,17-3)13-11-22(7,8)21-23(9,10)12-14-25(18-4,19-5)20-6/h11-14H,1-10H3/b13-11+,14-12+. The maximum Gasteiger partial charge on any atom is 0.528 e. The van der Waals surface area contributed by atoms with E-state index in [2.05, 4.69) is 37.6 Å². The fourth-order valence-electron chi connectivity index (χ4n) is 2.26. The monoisotopic (exact) mass is 426 g/mol. The summed E-state index contributed by atoms with van der Waals surface area (Å²) in [5.74, 6) is 0. The Morgan fingerprint density at radius 1 is 0.440 bits per heavy atom. The van der Waals surface area contributed by atoms with Gasteiger partial charge in [-0.25, -0.2) is 0 Å². The van der Waals surface area contributed by atoms with Crippen LogP contribution in [0.25, 0.3) is 0 Å². The van der Waals surface area contributed by atoms with Crippen LogP contribution in [0.15, 0.2) is 22.8 Å². The van der Waals surface area contributed by atoms with Crippen molar-refractivity contribution in [2.45, 2.75) is 26.2 Å². The summed E-state index contributed by atoms with van der Waals surface area (Å²) in [4.78, 5) is 0. The molecule has 0 aromatic carbocycles. The minimum absolute atomic E-state index is 1.59. The zero-order chi connectivity index (χ0) is 19.8. The molecule has 0 unspecified atom stereocenters. The van der Waals surface area contributed by atoms with Gasteiger partial charge in [0, 0.05) is 42.7 Å². The Hall–Kier alpha value is 0.0675.